The van der Waals surface area contributed by atoms with E-state index < -0.39 is 35.7 Å². The highest BCUT2D eigenvalue weighted by Crippen LogP contribution is 2.36. The maximum Gasteiger partial charge on any atom is 0.260 e. The Hall–Kier alpha value is -3.13. The number of nitrogens with one attached hydrogen (secondary N) is 1. The molecule has 4 aromatic rings. The molecule has 0 bridgehead atoms. The molecule has 4 rings (SSSR count). The lowest BCUT2D eigenvalue weighted by atomic mass is 10.1. The number of hydrogen-bond acceptors (Lipinski definition) is 7. The Morgan fingerprint density at radius 2 is 1.79 bits per heavy atom. The van der Waals surface area contributed by atoms with Crippen LogP contribution in [0.3, 0.4) is 0 Å². The average Bonchev–Trinajstić information content (AvgIpc) is 2.91. The van der Waals surface area contributed by atoms with E-state index >= 15 is 4.39 Å². The minimum absolute atomic E-state index is 0.00782. The van der Waals surface area contributed by atoms with Crippen LogP contribution in [0.2, 0.25) is 18.1 Å². The number of sulfonamides is 1. The van der Waals surface area contributed by atoms with Crippen molar-refractivity contribution < 1.29 is 21.6 Å². The fraction of sp³-hybridized carbons (Fsp3) is 0.345. The number of pyridine rings is 1. The van der Waals surface area contributed by atoms with E-state index in [9.17, 15) is 17.6 Å². The van der Waals surface area contributed by atoms with Gasteiger partial charge in [0.2, 0.25) is 10.0 Å². The van der Waals surface area contributed by atoms with Crippen LogP contribution < -0.4 is 10.3 Å². The molecule has 42 heavy (non-hydrogen) atoms. The normalized spacial score (nSPS) is 12.6. The van der Waals surface area contributed by atoms with E-state index in [1.165, 1.54) is 46.7 Å². The van der Waals surface area contributed by atoms with Gasteiger partial charge in [0.1, 0.15) is 17.3 Å². The van der Waals surface area contributed by atoms with Crippen LogP contribution in [0.4, 0.5) is 14.5 Å². The largest absolute Gasteiger partial charge is 0.415 e. The molecule has 0 aliphatic heterocycles. The zero-order valence-electron chi connectivity index (χ0n) is 24.4. The predicted molar refractivity (Wildman–Crippen MR) is 167 cm³/mol. The lowest BCUT2D eigenvalue weighted by Crippen LogP contribution is -2.42. The van der Waals surface area contributed by atoms with Gasteiger partial charge in [0.25, 0.3) is 5.56 Å². The summed E-state index contributed by atoms with van der Waals surface area (Å²) >= 11 is 1.35. The summed E-state index contributed by atoms with van der Waals surface area (Å²) in [6, 6.07) is 10.9. The van der Waals surface area contributed by atoms with E-state index in [2.05, 4.69) is 48.6 Å². The third-order valence-corrected chi connectivity index (χ3v) is 13.7. The maximum absolute atomic E-state index is 15.2. The summed E-state index contributed by atoms with van der Waals surface area (Å²) in [6.07, 6.45) is 3.46. The highest BCUT2D eigenvalue weighted by atomic mass is 32.2. The third kappa shape index (κ3) is 7.08. The molecule has 224 valence electrons. The number of rotatable bonds is 10. The van der Waals surface area contributed by atoms with E-state index in [0.717, 1.165) is 12.1 Å². The van der Waals surface area contributed by atoms with E-state index in [-0.39, 0.29) is 39.5 Å². The number of nitrogens with zero attached hydrogens (tertiary/aromatic N) is 3. The van der Waals surface area contributed by atoms with Gasteiger partial charge in [-0.3, -0.25) is 14.1 Å². The second-order valence-corrected chi connectivity index (χ2v) is 18.7. The molecule has 0 atom stereocenters. The van der Waals surface area contributed by atoms with Gasteiger partial charge in [-0.25, -0.2) is 27.2 Å². The molecule has 0 aliphatic carbocycles. The summed E-state index contributed by atoms with van der Waals surface area (Å²) in [6.45, 7) is 11.2. The zero-order valence-corrected chi connectivity index (χ0v) is 27.0. The predicted octanol–water partition coefficient (Wildman–Crippen LogP) is 6.42. The van der Waals surface area contributed by atoms with Gasteiger partial charge in [-0.05, 0) is 54.2 Å². The number of thioether (sulfide) groups is 1. The molecule has 0 fully saturated rings. The van der Waals surface area contributed by atoms with Gasteiger partial charge in [0.15, 0.2) is 13.5 Å². The fourth-order valence-corrected chi connectivity index (χ4v) is 6.64. The summed E-state index contributed by atoms with van der Waals surface area (Å²) in [4.78, 5) is 22.7. The molecule has 8 nitrogen and oxygen atoms in total. The number of halogens is 2. The first-order chi connectivity index (χ1) is 19.6. The lowest BCUT2D eigenvalue weighted by molar-refractivity contribution is 0.271. The minimum atomic E-state index is -4.12. The number of aromatic nitrogens is 3. The topological polar surface area (TPSA) is 103 Å². The molecule has 2 aromatic carbocycles. The van der Waals surface area contributed by atoms with E-state index in [4.69, 9.17) is 4.43 Å². The van der Waals surface area contributed by atoms with Crippen LogP contribution in [0.5, 0.6) is 0 Å². The second kappa shape index (κ2) is 12.2. The molecule has 0 aliphatic rings. The molecular formula is C29H34F2N4O4S2Si. The molecule has 0 amide bonds. The van der Waals surface area contributed by atoms with Crippen LogP contribution in [0.1, 0.15) is 26.3 Å². The Labute approximate surface area is 249 Å². The summed E-state index contributed by atoms with van der Waals surface area (Å²) in [5, 5.41) is 1.09. The Morgan fingerprint density at radius 3 is 2.43 bits per heavy atom. The number of hydrogen-bond donors (Lipinski definition) is 1. The van der Waals surface area contributed by atoms with Crippen LogP contribution in [0.25, 0.3) is 22.2 Å². The van der Waals surface area contributed by atoms with E-state index in [0.29, 0.717) is 22.8 Å². The van der Waals surface area contributed by atoms with Crippen molar-refractivity contribution in [3.05, 3.63) is 82.3 Å². The van der Waals surface area contributed by atoms with Crippen molar-refractivity contribution in [3.63, 3.8) is 0 Å². The van der Waals surface area contributed by atoms with Crippen LogP contribution >= 0.6 is 11.8 Å². The molecule has 2 heterocycles. The maximum atomic E-state index is 15.2. The first-order valence-corrected chi connectivity index (χ1v) is 19.0. The van der Waals surface area contributed by atoms with E-state index in [1.807, 2.05) is 6.26 Å². The first kappa shape index (κ1) is 31.8. The Kier molecular flexibility index (Phi) is 9.26. The molecule has 0 unspecified atom stereocenters. The molecule has 13 heteroatoms. The minimum Gasteiger partial charge on any atom is -0.415 e. The van der Waals surface area contributed by atoms with Crippen molar-refractivity contribution in [2.24, 2.45) is 0 Å². The summed E-state index contributed by atoms with van der Waals surface area (Å²) < 4.78 is 64.5. The van der Waals surface area contributed by atoms with Crippen LogP contribution in [0, 0.1) is 11.6 Å². The fourth-order valence-electron chi connectivity index (χ4n) is 4.05. The zero-order chi connectivity index (χ0) is 30.9. The van der Waals surface area contributed by atoms with Crippen molar-refractivity contribution in [3.8, 4) is 11.1 Å². The standard InChI is InChI=1S/C29H34F2N4O4S2Si/c1-29(2,3)42(5,6)39-14-13-35-26-21(17-32-28(33-26)40-4)15-22(27(35)36)19-11-12-25(24(31)16-19)34-41(37,38)18-20-9-7-8-10-23(20)30/h7-12,15-17,34H,13-14,18H2,1-6H3. The van der Waals surface area contributed by atoms with Crippen LogP contribution in [0.15, 0.2) is 64.7 Å². The smallest absolute Gasteiger partial charge is 0.260 e. The average molecular weight is 633 g/mol. The molecule has 0 saturated carbocycles. The first-order valence-electron chi connectivity index (χ1n) is 13.2. The molecule has 2 aromatic heterocycles. The summed E-state index contributed by atoms with van der Waals surface area (Å²) in [7, 11) is -6.20. The van der Waals surface area contributed by atoms with Gasteiger partial charge in [-0.2, -0.15) is 0 Å². The van der Waals surface area contributed by atoms with Gasteiger partial charge in [-0.15, -0.1) is 0 Å². The van der Waals surface area contributed by atoms with Gasteiger partial charge >= 0.3 is 0 Å². The Balaban J connectivity index is 1.68. The van der Waals surface area contributed by atoms with Crippen molar-refractivity contribution in [1.29, 1.82) is 0 Å². The number of benzene rings is 2. The van der Waals surface area contributed by atoms with Crippen LogP contribution in [-0.4, -0.2) is 44.1 Å². The summed E-state index contributed by atoms with van der Waals surface area (Å²) in [5.74, 6) is -2.22. The lowest BCUT2D eigenvalue weighted by Gasteiger charge is -2.36. The molecule has 1 N–H and O–H groups in total. The highest BCUT2D eigenvalue weighted by Gasteiger charge is 2.37. The number of fused-ring (bicyclic) bond motifs is 1. The quantitative estimate of drug-likeness (QED) is 0.122. The Morgan fingerprint density at radius 1 is 1.07 bits per heavy atom. The second-order valence-electron chi connectivity index (χ2n) is 11.4. The van der Waals surface area contributed by atoms with Crippen molar-refractivity contribution in [2.75, 3.05) is 17.6 Å². The highest BCUT2D eigenvalue weighted by molar-refractivity contribution is 7.98. The van der Waals surface area contributed by atoms with Crippen LogP contribution in [-0.2, 0) is 26.7 Å². The van der Waals surface area contributed by atoms with Gasteiger partial charge in [0.05, 0.1) is 18.0 Å². The third-order valence-electron chi connectivity index (χ3n) is 7.42. The monoisotopic (exact) mass is 632 g/mol. The van der Waals surface area contributed by atoms with Crippen molar-refractivity contribution in [2.45, 2.75) is 56.4 Å². The molecule has 0 spiro atoms. The molecule has 0 radical (unpaired) electrons. The number of anilines is 1. The van der Waals surface area contributed by atoms with E-state index in [1.54, 1.807) is 12.3 Å². The van der Waals surface area contributed by atoms with Gasteiger partial charge in [0, 0.05) is 29.3 Å². The SMILES string of the molecule is CSc1ncc2cc(-c3ccc(NS(=O)(=O)Cc4ccccc4F)c(F)c3)c(=O)n(CCO[Si](C)(C)C(C)(C)C)c2n1. The molecular weight excluding hydrogens is 599 g/mol. The Bertz CT molecular complexity index is 1790. The van der Waals surface area contributed by atoms with Gasteiger partial charge in [-0.1, -0.05) is 56.8 Å². The molecule has 0 saturated heterocycles. The van der Waals surface area contributed by atoms with Crippen molar-refractivity contribution >= 4 is 46.8 Å². The summed E-state index contributed by atoms with van der Waals surface area (Å²) in [5.41, 5.74) is 0.161. The van der Waals surface area contributed by atoms with Crippen molar-refractivity contribution in [1.82, 2.24) is 14.5 Å². The van der Waals surface area contributed by atoms with Gasteiger partial charge < -0.3 is 4.43 Å².